The minimum absolute atomic E-state index is 0.500. The highest BCUT2D eigenvalue weighted by molar-refractivity contribution is 5.79. The van der Waals surface area contributed by atoms with Gasteiger partial charge in [0.25, 0.3) is 0 Å². The van der Waals surface area contributed by atoms with Gasteiger partial charge in [-0.2, -0.15) is 0 Å². The monoisotopic (exact) mass is 417 g/mol. The number of rotatable bonds is 9. The van der Waals surface area contributed by atoms with Crippen LogP contribution < -0.4 is 15.4 Å². The van der Waals surface area contributed by atoms with Gasteiger partial charge in [-0.15, -0.1) is 0 Å². The quantitative estimate of drug-likeness (QED) is 0.471. The fourth-order valence-electron chi connectivity index (χ4n) is 3.93. The van der Waals surface area contributed by atoms with Gasteiger partial charge in [0, 0.05) is 70.9 Å². The molecule has 1 aromatic rings. The van der Waals surface area contributed by atoms with Crippen LogP contribution in [0.15, 0.2) is 23.2 Å². The van der Waals surface area contributed by atoms with Crippen LogP contribution in [0.5, 0.6) is 5.75 Å². The SMILES string of the molecule is CCN1CCN(CCNC(=NC)NCc2ccc(C)cc2OCC2CCOC2)CC1. The summed E-state index contributed by atoms with van der Waals surface area (Å²) in [5, 5.41) is 6.88. The van der Waals surface area contributed by atoms with Crippen LogP contribution in [0.3, 0.4) is 0 Å². The molecule has 2 aliphatic rings. The van der Waals surface area contributed by atoms with Gasteiger partial charge in [0.15, 0.2) is 5.96 Å². The zero-order valence-corrected chi connectivity index (χ0v) is 19.0. The van der Waals surface area contributed by atoms with Crippen LogP contribution in [-0.4, -0.2) is 88.4 Å². The Morgan fingerprint density at radius 1 is 1.20 bits per heavy atom. The van der Waals surface area contributed by atoms with E-state index in [0.29, 0.717) is 19.1 Å². The Morgan fingerprint density at radius 3 is 2.70 bits per heavy atom. The maximum Gasteiger partial charge on any atom is 0.191 e. The first-order chi connectivity index (χ1) is 14.7. The molecule has 2 N–H and O–H groups in total. The van der Waals surface area contributed by atoms with Crippen molar-refractivity contribution in [1.29, 1.82) is 0 Å². The van der Waals surface area contributed by atoms with Crippen LogP contribution in [0.25, 0.3) is 0 Å². The molecule has 2 heterocycles. The molecule has 0 radical (unpaired) electrons. The summed E-state index contributed by atoms with van der Waals surface area (Å²) in [6.45, 7) is 15.1. The van der Waals surface area contributed by atoms with Crippen molar-refractivity contribution in [3.8, 4) is 5.75 Å². The molecule has 7 nitrogen and oxygen atoms in total. The van der Waals surface area contributed by atoms with Gasteiger partial charge >= 0.3 is 0 Å². The number of benzene rings is 1. The number of hydrogen-bond acceptors (Lipinski definition) is 5. The van der Waals surface area contributed by atoms with Crippen molar-refractivity contribution in [3.63, 3.8) is 0 Å². The van der Waals surface area contributed by atoms with Crippen LogP contribution in [0.1, 0.15) is 24.5 Å². The van der Waals surface area contributed by atoms with E-state index in [-0.39, 0.29) is 0 Å². The molecule has 0 saturated carbocycles. The molecule has 2 fully saturated rings. The van der Waals surface area contributed by atoms with Crippen molar-refractivity contribution in [3.05, 3.63) is 29.3 Å². The fraction of sp³-hybridized carbons (Fsp3) is 0.696. The van der Waals surface area contributed by atoms with E-state index >= 15 is 0 Å². The van der Waals surface area contributed by atoms with Gasteiger partial charge in [-0.25, -0.2) is 0 Å². The van der Waals surface area contributed by atoms with E-state index in [1.807, 2.05) is 7.05 Å². The number of hydrogen-bond donors (Lipinski definition) is 2. The zero-order valence-electron chi connectivity index (χ0n) is 19.0. The minimum atomic E-state index is 0.500. The second-order valence-corrected chi connectivity index (χ2v) is 8.28. The number of likely N-dealkylation sites (N-methyl/N-ethyl adjacent to an activating group) is 1. The van der Waals surface area contributed by atoms with Crippen LogP contribution in [-0.2, 0) is 11.3 Å². The molecular weight excluding hydrogens is 378 g/mol. The van der Waals surface area contributed by atoms with E-state index in [1.54, 1.807) is 0 Å². The van der Waals surface area contributed by atoms with Crippen molar-refractivity contribution < 1.29 is 9.47 Å². The van der Waals surface area contributed by atoms with Gasteiger partial charge in [-0.1, -0.05) is 19.1 Å². The summed E-state index contributed by atoms with van der Waals surface area (Å²) < 4.78 is 11.6. The van der Waals surface area contributed by atoms with Crippen molar-refractivity contribution in [2.75, 3.05) is 72.7 Å². The molecule has 168 valence electrons. The van der Waals surface area contributed by atoms with E-state index in [9.17, 15) is 0 Å². The van der Waals surface area contributed by atoms with Gasteiger partial charge in [-0.3, -0.25) is 9.89 Å². The maximum absolute atomic E-state index is 6.16. The maximum atomic E-state index is 6.16. The van der Waals surface area contributed by atoms with Crippen molar-refractivity contribution >= 4 is 5.96 Å². The lowest BCUT2D eigenvalue weighted by molar-refractivity contribution is 0.139. The molecule has 0 spiro atoms. The number of piperazine rings is 1. The van der Waals surface area contributed by atoms with Crippen molar-refractivity contribution in [2.45, 2.75) is 26.8 Å². The van der Waals surface area contributed by atoms with Gasteiger partial charge in [-0.05, 0) is 31.5 Å². The summed E-state index contributed by atoms with van der Waals surface area (Å²) >= 11 is 0. The summed E-state index contributed by atoms with van der Waals surface area (Å²) in [4.78, 5) is 9.40. The lowest BCUT2D eigenvalue weighted by Gasteiger charge is -2.34. The lowest BCUT2D eigenvalue weighted by atomic mass is 10.1. The Kier molecular flexibility index (Phi) is 9.24. The zero-order chi connectivity index (χ0) is 21.2. The van der Waals surface area contributed by atoms with Crippen molar-refractivity contribution in [1.82, 2.24) is 20.4 Å². The van der Waals surface area contributed by atoms with E-state index in [4.69, 9.17) is 9.47 Å². The molecule has 7 heteroatoms. The Hall–Kier alpha value is -1.83. The molecule has 0 amide bonds. The predicted octanol–water partition coefficient (Wildman–Crippen LogP) is 1.71. The predicted molar refractivity (Wildman–Crippen MR) is 122 cm³/mol. The third-order valence-corrected chi connectivity index (χ3v) is 6.02. The molecular formula is C23H39N5O2. The van der Waals surface area contributed by atoms with Crippen LogP contribution >= 0.6 is 0 Å². The van der Waals surface area contributed by atoms with E-state index in [0.717, 1.165) is 69.6 Å². The summed E-state index contributed by atoms with van der Waals surface area (Å²) in [5.74, 6) is 2.29. The van der Waals surface area contributed by atoms with E-state index in [1.165, 1.54) is 18.7 Å². The number of aliphatic imine (C=N–C) groups is 1. The first-order valence-electron chi connectivity index (χ1n) is 11.4. The van der Waals surface area contributed by atoms with Crippen LogP contribution in [0, 0.1) is 12.8 Å². The average Bonchev–Trinajstić information content (AvgIpc) is 3.29. The van der Waals surface area contributed by atoms with Gasteiger partial charge in [0.05, 0.1) is 13.2 Å². The molecule has 1 unspecified atom stereocenters. The second-order valence-electron chi connectivity index (χ2n) is 8.28. The van der Waals surface area contributed by atoms with Crippen LogP contribution in [0.4, 0.5) is 0 Å². The number of nitrogens with zero attached hydrogens (tertiary/aromatic N) is 3. The number of guanidine groups is 1. The molecule has 2 saturated heterocycles. The smallest absolute Gasteiger partial charge is 0.191 e. The summed E-state index contributed by atoms with van der Waals surface area (Å²) in [6, 6.07) is 6.40. The third-order valence-electron chi connectivity index (χ3n) is 6.02. The first-order valence-corrected chi connectivity index (χ1v) is 11.4. The molecule has 0 aliphatic carbocycles. The highest BCUT2D eigenvalue weighted by Crippen LogP contribution is 2.22. The standard InChI is InChI=1S/C23H39N5O2/c1-4-27-10-12-28(13-11-27)9-8-25-23(24-3)26-16-21-6-5-19(2)15-22(21)30-18-20-7-14-29-17-20/h5-6,15,20H,4,7-14,16-18H2,1-3H3,(H2,24,25,26). The average molecular weight is 418 g/mol. The Morgan fingerprint density at radius 2 is 2.00 bits per heavy atom. The number of nitrogens with one attached hydrogen (secondary N) is 2. The first kappa shape index (κ1) is 22.8. The molecule has 3 rings (SSSR count). The van der Waals surface area contributed by atoms with Crippen molar-refractivity contribution in [2.24, 2.45) is 10.9 Å². The summed E-state index contributed by atoms with van der Waals surface area (Å²) in [6.07, 6.45) is 1.09. The van der Waals surface area contributed by atoms with Gasteiger partial charge in [0.1, 0.15) is 5.75 Å². The fourth-order valence-corrected chi connectivity index (χ4v) is 3.93. The summed E-state index contributed by atoms with van der Waals surface area (Å²) in [5.41, 5.74) is 2.36. The lowest BCUT2D eigenvalue weighted by Crippen LogP contribution is -2.49. The third kappa shape index (κ3) is 7.15. The van der Waals surface area contributed by atoms with Gasteiger partial charge < -0.3 is 25.0 Å². The molecule has 2 aliphatic heterocycles. The van der Waals surface area contributed by atoms with E-state index in [2.05, 4.69) is 57.5 Å². The minimum Gasteiger partial charge on any atom is -0.493 e. The van der Waals surface area contributed by atoms with E-state index < -0.39 is 0 Å². The Balaban J connectivity index is 1.42. The molecule has 1 atom stereocenters. The molecule has 0 aromatic heterocycles. The molecule has 30 heavy (non-hydrogen) atoms. The topological polar surface area (TPSA) is 61.4 Å². The Bertz CT molecular complexity index is 668. The summed E-state index contributed by atoms with van der Waals surface area (Å²) in [7, 11) is 1.82. The molecule has 1 aromatic carbocycles. The highest BCUT2D eigenvalue weighted by Gasteiger charge is 2.17. The van der Waals surface area contributed by atoms with Gasteiger partial charge in [0.2, 0.25) is 0 Å². The number of ether oxygens (including phenoxy) is 2. The Labute approximate surface area is 181 Å². The highest BCUT2D eigenvalue weighted by atomic mass is 16.5. The van der Waals surface area contributed by atoms with Crippen LogP contribution in [0.2, 0.25) is 0 Å². The largest absolute Gasteiger partial charge is 0.493 e. The normalized spacial score (nSPS) is 21.0. The molecule has 0 bridgehead atoms. The second kappa shape index (κ2) is 12.1. The number of aryl methyl sites for hydroxylation is 1.